The van der Waals surface area contributed by atoms with Crippen molar-refractivity contribution in [1.82, 2.24) is 5.32 Å². The first-order chi connectivity index (χ1) is 6.16. The van der Waals surface area contributed by atoms with Gasteiger partial charge >= 0.3 is 0 Å². The average Bonchev–Trinajstić information content (AvgIpc) is 2.02. The van der Waals surface area contributed by atoms with E-state index in [4.69, 9.17) is 0 Å². The van der Waals surface area contributed by atoms with Gasteiger partial charge in [-0.1, -0.05) is 13.3 Å². The quantitative estimate of drug-likeness (QED) is 0.597. The van der Waals surface area contributed by atoms with Crippen LogP contribution < -0.4 is 5.32 Å². The van der Waals surface area contributed by atoms with Crippen LogP contribution in [-0.4, -0.2) is 23.3 Å². The van der Waals surface area contributed by atoms with E-state index < -0.39 is 0 Å². The van der Waals surface area contributed by atoms with Gasteiger partial charge in [-0.15, -0.1) is 0 Å². The summed E-state index contributed by atoms with van der Waals surface area (Å²) in [5.41, 5.74) is 0. The zero-order valence-electron chi connectivity index (χ0n) is 8.66. The number of aliphatic hydroxyl groups is 1. The number of piperidine rings is 1. The summed E-state index contributed by atoms with van der Waals surface area (Å²) in [5.74, 6) is 1.37. The maximum absolute atomic E-state index is 9.92. The Morgan fingerprint density at radius 2 is 1.92 bits per heavy atom. The van der Waals surface area contributed by atoms with Gasteiger partial charge in [0.2, 0.25) is 0 Å². The molecule has 2 aliphatic rings. The fourth-order valence-corrected chi connectivity index (χ4v) is 3.03. The highest BCUT2D eigenvalue weighted by Gasteiger charge is 2.37. The van der Waals surface area contributed by atoms with Crippen LogP contribution in [0.5, 0.6) is 0 Å². The summed E-state index contributed by atoms with van der Waals surface area (Å²) in [7, 11) is 0. The van der Waals surface area contributed by atoms with E-state index in [1.165, 1.54) is 19.3 Å². The number of fused-ring (bicyclic) bond motifs is 1. The molecule has 2 fully saturated rings. The highest BCUT2D eigenvalue weighted by atomic mass is 16.3. The molecule has 1 aliphatic carbocycles. The van der Waals surface area contributed by atoms with Gasteiger partial charge in [0.1, 0.15) is 0 Å². The summed E-state index contributed by atoms with van der Waals surface area (Å²) in [4.78, 5) is 0. The molecule has 0 radical (unpaired) electrons. The van der Waals surface area contributed by atoms with Gasteiger partial charge in [0, 0.05) is 18.0 Å². The number of rotatable bonds is 0. The van der Waals surface area contributed by atoms with Crippen molar-refractivity contribution in [1.29, 1.82) is 0 Å². The molecule has 5 atom stereocenters. The van der Waals surface area contributed by atoms with Gasteiger partial charge in [-0.25, -0.2) is 0 Å². The number of hydrogen-bond acceptors (Lipinski definition) is 2. The van der Waals surface area contributed by atoms with Crippen molar-refractivity contribution in [3.05, 3.63) is 0 Å². The third-order valence-electron chi connectivity index (χ3n) is 3.75. The summed E-state index contributed by atoms with van der Waals surface area (Å²) < 4.78 is 0. The first-order valence-electron chi connectivity index (χ1n) is 5.61. The van der Waals surface area contributed by atoms with E-state index in [1.54, 1.807) is 0 Å². The first-order valence-corrected chi connectivity index (χ1v) is 5.61. The molecule has 1 saturated carbocycles. The lowest BCUT2D eigenvalue weighted by atomic mass is 9.73. The average molecular weight is 183 g/mol. The van der Waals surface area contributed by atoms with E-state index in [0.717, 1.165) is 12.3 Å². The Labute approximate surface area is 80.7 Å². The molecular formula is C11H21NO. The second-order valence-corrected chi connectivity index (χ2v) is 5.06. The van der Waals surface area contributed by atoms with Gasteiger partial charge in [-0.2, -0.15) is 0 Å². The largest absolute Gasteiger partial charge is 0.393 e. The Bertz CT molecular complexity index is 181. The molecule has 2 rings (SSSR count). The summed E-state index contributed by atoms with van der Waals surface area (Å²) in [6.07, 6.45) is 4.66. The topological polar surface area (TPSA) is 32.3 Å². The molecule has 2 heteroatoms. The van der Waals surface area contributed by atoms with E-state index in [-0.39, 0.29) is 6.10 Å². The Balaban J connectivity index is 2.02. The second kappa shape index (κ2) is 3.58. The smallest absolute Gasteiger partial charge is 0.0598 e. The zero-order valence-corrected chi connectivity index (χ0v) is 8.66. The van der Waals surface area contributed by atoms with Crippen LogP contribution in [0.25, 0.3) is 0 Å². The molecule has 0 bridgehead atoms. The maximum Gasteiger partial charge on any atom is 0.0598 e. The lowest BCUT2D eigenvalue weighted by molar-refractivity contribution is 0.00703. The van der Waals surface area contributed by atoms with Crippen LogP contribution in [0.1, 0.15) is 39.5 Å². The summed E-state index contributed by atoms with van der Waals surface area (Å²) >= 11 is 0. The molecule has 0 aromatic rings. The lowest BCUT2D eigenvalue weighted by Gasteiger charge is -2.44. The molecule has 0 spiro atoms. The van der Waals surface area contributed by atoms with Crippen LogP contribution in [0.2, 0.25) is 0 Å². The van der Waals surface area contributed by atoms with Crippen molar-refractivity contribution >= 4 is 0 Å². The first kappa shape index (κ1) is 9.47. The summed E-state index contributed by atoms with van der Waals surface area (Å²) in [5, 5.41) is 13.5. The van der Waals surface area contributed by atoms with E-state index in [0.29, 0.717) is 18.0 Å². The molecule has 1 saturated heterocycles. The summed E-state index contributed by atoms with van der Waals surface area (Å²) in [6.45, 7) is 4.50. The molecule has 76 valence electrons. The molecule has 0 unspecified atom stereocenters. The maximum atomic E-state index is 9.92. The van der Waals surface area contributed by atoms with Gasteiger partial charge in [0.05, 0.1) is 6.10 Å². The van der Waals surface area contributed by atoms with E-state index >= 15 is 0 Å². The Morgan fingerprint density at radius 3 is 2.69 bits per heavy atom. The van der Waals surface area contributed by atoms with Crippen LogP contribution in [0.4, 0.5) is 0 Å². The molecule has 0 aromatic heterocycles. The molecule has 1 heterocycles. The standard InChI is InChI=1S/C11H21NO/c1-7-3-4-9-10(5-7)12-8(2)6-11(9)13/h7-13H,3-6H2,1-2H3/t7-,8+,9-,10-,11+/m0/s1. The Hall–Kier alpha value is -0.0800. The highest BCUT2D eigenvalue weighted by Crippen LogP contribution is 2.35. The van der Waals surface area contributed by atoms with Crippen LogP contribution >= 0.6 is 0 Å². The minimum absolute atomic E-state index is 0.0475. The molecular weight excluding hydrogens is 162 g/mol. The van der Waals surface area contributed by atoms with E-state index in [2.05, 4.69) is 19.2 Å². The van der Waals surface area contributed by atoms with Crippen molar-refractivity contribution in [2.75, 3.05) is 0 Å². The monoisotopic (exact) mass is 183 g/mol. The van der Waals surface area contributed by atoms with Crippen LogP contribution in [0, 0.1) is 11.8 Å². The third kappa shape index (κ3) is 1.89. The molecule has 0 aromatic carbocycles. The van der Waals surface area contributed by atoms with Crippen molar-refractivity contribution < 1.29 is 5.11 Å². The van der Waals surface area contributed by atoms with E-state index in [1.807, 2.05) is 0 Å². The van der Waals surface area contributed by atoms with Gasteiger partial charge < -0.3 is 10.4 Å². The van der Waals surface area contributed by atoms with Gasteiger partial charge in [0.15, 0.2) is 0 Å². The Morgan fingerprint density at radius 1 is 1.15 bits per heavy atom. The number of nitrogens with one attached hydrogen (secondary N) is 1. The molecule has 13 heavy (non-hydrogen) atoms. The predicted octanol–water partition coefficient (Wildman–Crippen LogP) is 1.53. The highest BCUT2D eigenvalue weighted by molar-refractivity contribution is 4.94. The molecule has 2 nitrogen and oxygen atoms in total. The molecule has 0 amide bonds. The predicted molar refractivity (Wildman–Crippen MR) is 53.5 cm³/mol. The third-order valence-corrected chi connectivity index (χ3v) is 3.75. The van der Waals surface area contributed by atoms with Gasteiger partial charge in [-0.3, -0.25) is 0 Å². The van der Waals surface area contributed by atoms with Crippen molar-refractivity contribution in [2.24, 2.45) is 11.8 Å². The van der Waals surface area contributed by atoms with Gasteiger partial charge in [-0.05, 0) is 32.1 Å². The minimum atomic E-state index is -0.0475. The van der Waals surface area contributed by atoms with Crippen LogP contribution in [0.15, 0.2) is 0 Å². The SMILES string of the molecule is C[C@H]1CC[C@@H]2[C@H](O)C[C@@H](C)N[C@H]2C1. The minimum Gasteiger partial charge on any atom is -0.393 e. The fourth-order valence-electron chi connectivity index (χ4n) is 3.03. The number of aliphatic hydroxyl groups excluding tert-OH is 1. The van der Waals surface area contributed by atoms with E-state index in [9.17, 15) is 5.11 Å². The normalized spacial score (nSPS) is 51.5. The second-order valence-electron chi connectivity index (χ2n) is 5.06. The number of hydrogen-bond donors (Lipinski definition) is 2. The van der Waals surface area contributed by atoms with Crippen molar-refractivity contribution in [2.45, 2.75) is 57.7 Å². The van der Waals surface area contributed by atoms with Crippen molar-refractivity contribution in [3.8, 4) is 0 Å². The van der Waals surface area contributed by atoms with Crippen LogP contribution in [0.3, 0.4) is 0 Å². The zero-order chi connectivity index (χ0) is 9.42. The van der Waals surface area contributed by atoms with Crippen LogP contribution in [-0.2, 0) is 0 Å². The molecule has 1 aliphatic heterocycles. The Kier molecular flexibility index (Phi) is 2.61. The molecule has 2 N–H and O–H groups in total. The summed E-state index contributed by atoms with van der Waals surface area (Å²) in [6, 6.07) is 1.09. The fraction of sp³-hybridized carbons (Fsp3) is 1.00. The van der Waals surface area contributed by atoms with Crippen molar-refractivity contribution in [3.63, 3.8) is 0 Å². The lowest BCUT2D eigenvalue weighted by Crippen LogP contribution is -2.54. The van der Waals surface area contributed by atoms with Gasteiger partial charge in [0.25, 0.3) is 0 Å².